The molecule has 0 saturated heterocycles. The van der Waals surface area contributed by atoms with Crippen LogP contribution in [0.2, 0.25) is 0 Å². The molecule has 4 aromatic rings. The molecule has 0 radical (unpaired) electrons. The Morgan fingerprint density at radius 1 is 1.06 bits per heavy atom. The lowest BCUT2D eigenvalue weighted by atomic mass is 10.1. The Balaban J connectivity index is 1.61. The van der Waals surface area contributed by atoms with Gasteiger partial charge in [0.25, 0.3) is 5.56 Å². The van der Waals surface area contributed by atoms with Crippen molar-refractivity contribution >= 4 is 44.1 Å². The van der Waals surface area contributed by atoms with Crippen molar-refractivity contribution in [3.05, 3.63) is 70.8 Å². The van der Waals surface area contributed by atoms with Crippen molar-refractivity contribution in [3.8, 4) is 27.6 Å². The summed E-state index contributed by atoms with van der Waals surface area (Å²) in [6.45, 7) is 7.67. The molecule has 0 bridgehead atoms. The minimum Gasteiger partial charge on any atom is -0.493 e. The van der Waals surface area contributed by atoms with Crippen LogP contribution in [0.25, 0.3) is 26.3 Å². The number of nitrogens with zero attached hydrogens (tertiary/aromatic N) is 3. The Bertz CT molecular complexity index is 1310. The Morgan fingerprint density at radius 3 is 2.50 bits per heavy atom. The third-order valence-corrected chi connectivity index (χ3v) is 7.86. The number of rotatable bonds is 10. The molecular formula is C26H28IN3O3S. The van der Waals surface area contributed by atoms with Gasteiger partial charge in [0.2, 0.25) is 0 Å². The third kappa shape index (κ3) is 5.29. The highest BCUT2D eigenvalue weighted by Gasteiger charge is 2.14. The number of halogens is 1. The molecule has 0 atom stereocenters. The van der Waals surface area contributed by atoms with Gasteiger partial charge < -0.3 is 14.4 Å². The second-order valence-electron chi connectivity index (χ2n) is 7.79. The molecule has 0 amide bonds. The first kappa shape index (κ1) is 24.7. The van der Waals surface area contributed by atoms with Crippen LogP contribution < -0.4 is 15.0 Å². The van der Waals surface area contributed by atoms with Gasteiger partial charge in [-0.25, -0.2) is 4.98 Å². The lowest BCUT2D eigenvalue weighted by Crippen LogP contribution is -2.28. The molecule has 0 aliphatic rings. The summed E-state index contributed by atoms with van der Waals surface area (Å²) in [6, 6.07) is 16.0. The Kier molecular flexibility index (Phi) is 8.23. The summed E-state index contributed by atoms with van der Waals surface area (Å²) in [6.07, 6.45) is 1.58. The smallest absolute Gasteiger partial charge is 0.275 e. The first-order chi connectivity index (χ1) is 16.6. The molecule has 34 heavy (non-hydrogen) atoms. The standard InChI is InChI=1S/C26H28IN3O3S/c1-4-29(5-2)12-13-33-22-11-10-20(14-23(22)32-3)30-17-28-21-15-24(34-25(21)26(30)31)19-8-6-18(16-27)7-9-19/h6-11,14-15,17H,4-5,12-13,16H2,1-3H3. The van der Waals surface area contributed by atoms with Gasteiger partial charge in [0, 0.05) is 21.9 Å². The van der Waals surface area contributed by atoms with E-state index < -0.39 is 0 Å². The van der Waals surface area contributed by atoms with E-state index in [1.54, 1.807) is 18.0 Å². The average Bonchev–Trinajstić information content (AvgIpc) is 3.32. The molecule has 8 heteroatoms. The molecule has 4 rings (SSSR count). The minimum atomic E-state index is -0.0950. The number of ether oxygens (including phenoxy) is 2. The predicted molar refractivity (Wildman–Crippen MR) is 148 cm³/mol. The van der Waals surface area contributed by atoms with Crippen molar-refractivity contribution in [2.45, 2.75) is 18.3 Å². The van der Waals surface area contributed by atoms with Gasteiger partial charge in [0.15, 0.2) is 11.5 Å². The first-order valence-electron chi connectivity index (χ1n) is 11.3. The summed E-state index contributed by atoms with van der Waals surface area (Å²) < 4.78 is 14.7. The van der Waals surface area contributed by atoms with Gasteiger partial charge in [0.1, 0.15) is 17.6 Å². The van der Waals surface area contributed by atoms with Crippen LogP contribution in [0.1, 0.15) is 19.4 Å². The largest absolute Gasteiger partial charge is 0.493 e. The van der Waals surface area contributed by atoms with Gasteiger partial charge in [0.05, 0.1) is 18.3 Å². The fourth-order valence-electron chi connectivity index (χ4n) is 3.75. The Hall–Kier alpha value is -2.43. The summed E-state index contributed by atoms with van der Waals surface area (Å²) in [4.78, 5) is 21.2. The zero-order chi connectivity index (χ0) is 24.1. The van der Waals surface area contributed by atoms with Gasteiger partial charge in [-0.15, -0.1) is 11.3 Å². The van der Waals surface area contributed by atoms with Crippen molar-refractivity contribution in [3.63, 3.8) is 0 Å². The minimum absolute atomic E-state index is 0.0950. The molecule has 178 valence electrons. The molecule has 0 saturated carbocycles. The summed E-state index contributed by atoms with van der Waals surface area (Å²) in [5, 5.41) is 0. The van der Waals surface area contributed by atoms with Crippen molar-refractivity contribution in [1.29, 1.82) is 0 Å². The number of alkyl halides is 1. The molecule has 6 nitrogen and oxygen atoms in total. The highest BCUT2D eigenvalue weighted by molar-refractivity contribution is 14.1. The van der Waals surface area contributed by atoms with E-state index in [9.17, 15) is 4.79 Å². The van der Waals surface area contributed by atoms with E-state index in [-0.39, 0.29) is 5.56 Å². The fraction of sp³-hybridized carbons (Fsp3) is 0.308. The van der Waals surface area contributed by atoms with Crippen molar-refractivity contribution in [2.24, 2.45) is 0 Å². The van der Waals surface area contributed by atoms with E-state index in [4.69, 9.17) is 9.47 Å². The number of thiophene rings is 1. The van der Waals surface area contributed by atoms with Crippen LogP contribution >= 0.6 is 33.9 Å². The maximum absolute atomic E-state index is 13.3. The topological polar surface area (TPSA) is 56.6 Å². The number of likely N-dealkylation sites (N-methyl/N-ethyl adjacent to an activating group) is 1. The Labute approximate surface area is 217 Å². The number of hydrogen-bond donors (Lipinski definition) is 0. The summed E-state index contributed by atoms with van der Waals surface area (Å²) in [7, 11) is 1.61. The quantitative estimate of drug-likeness (QED) is 0.174. The number of benzene rings is 2. The van der Waals surface area contributed by atoms with Gasteiger partial charge in [-0.2, -0.15) is 0 Å². The molecule has 0 unspecified atom stereocenters. The van der Waals surface area contributed by atoms with Gasteiger partial charge >= 0.3 is 0 Å². The maximum atomic E-state index is 13.3. The number of hydrogen-bond acceptors (Lipinski definition) is 6. The van der Waals surface area contributed by atoms with Crippen LogP contribution in [-0.4, -0.2) is 47.8 Å². The van der Waals surface area contributed by atoms with E-state index in [2.05, 4.69) is 70.6 Å². The van der Waals surface area contributed by atoms with Crippen LogP contribution in [0.3, 0.4) is 0 Å². The summed E-state index contributed by atoms with van der Waals surface area (Å²) in [5.74, 6) is 1.25. The molecular weight excluding hydrogens is 561 g/mol. The molecule has 0 spiro atoms. The molecule has 2 heterocycles. The molecule has 0 N–H and O–H groups in total. The zero-order valence-electron chi connectivity index (χ0n) is 19.6. The third-order valence-electron chi connectivity index (χ3n) is 5.82. The van der Waals surface area contributed by atoms with Crippen molar-refractivity contribution in [2.75, 3.05) is 33.4 Å². The van der Waals surface area contributed by atoms with Crippen LogP contribution in [0, 0.1) is 0 Å². The molecule has 2 aromatic carbocycles. The summed E-state index contributed by atoms with van der Waals surface area (Å²) >= 11 is 3.83. The van der Waals surface area contributed by atoms with Crippen LogP contribution in [0.5, 0.6) is 11.5 Å². The number of methoxy groups -OCH3 is 1. The van der Waals surface area contributed by atoms with E-state index in [1.165, 1.54) is 16.9 Å². The number of fused-ring (bicyclic) bond motifs is 1. The van der Waals surface area contributed by atoms with E-state index >= 15 is 0 Å². The van der Waals surface area contributed by atoms with E-state index in [0.29, 0.717) is 34.0 Å². The second-order valence-corrected chi connectivity index (χ2v) is 9.60. The monoisotopic (exact) mass is 589 g/mol. The van der Waals surface area contributed by atoms with Crippen molar-refractivity contribution < 1.29 is 9.47 Å². The lowest BCUT2D eigenvalue weighted by Gasteiger charge is -2.19. The van der Waals surface area contributed by atoms with E-state index in [1.807, 2.05) is 24.3 Å². The van der Waals surface area contributed by atoms with Gasteiger partial charge in [-0.3, -0.25) is 9.36 Å². The molecule has 0 aliphatic carbocycles. The van der Waals surface area contributed by atoms with Crippen LogP contribution in [0.15, 0.2) is 59.7 Å². The zero-order valence-corrected chi connectivity index (χ0v) is 22.6. The summed E-state index contributed by atoms with van der Waals surface area (Å²) in [5.41, 5.74) is 3.68. The fourth-order valence-corrected chi connectivity index (χ4v) is 5.30. The predicted octanol–water partition coefficient (Wildman–Crippen LogP) is 5.78. The molecule has 0 fully saturated rings. The van der Waals surface area contributed by atoms with Gasteiger partial charge in [-0.1, -0.05) is 60.7 Å². The molecule has 2 aromatic heterocycles. The molecule has 0 aliphatic heterocycles. The number of aromatic nitrogens is 2. The highest BCUT2D eigenvalue weighted by atomic mass is 127. The Morgan fingerprint density at radius 2 is 1.82 bits per heavy atom. The highest BCUT2D eigenvalue weighted by Crippen LogP contribution is 2.32. The van der Waals surface area contributed by atoms with E-state index in [0.717, 1.165) is 34.5 Å². The normalized spacial score (nSPS) is 11.3. The van der Waals surface area contributed by atoms with Gasteiger partial charge in [-0.05, 0) is 42.4 Å². The average molecular weight is 589 g/mol. The van der Waals surface area contributed by atoms with Crippen LogP contribution in [-0.2, 0) is 4.43 Å². The van der Waals surface area contributed by atoms with Crippen molar-refractivity contribution in [1.82, 2.24) is 14.5 Å². The second kappa shape index (κ2) is 11.3. The maximum Gasteiger partial charge on any atom is 0.275 e. The SMILES string of the molecule is CCN(CC)CCOc1ccc(-n2cnc3cc(-c4ccc(CI)cc4)sc3c2=O)cc1OC. The first-order valence-corrected chi connectivity index (χ1v) is 13.6. The lowest BCUT2D eigenvalue weighted by molar-refractivity contribution is 0.217. The van der Waals surface area contributed by atoms with Crippen LogP contribution in [0.4, 0.5) is 0 Å².